The number of carboxylic acid groups (broad SMARTS) is 1. The fourth-order valence-corrected chi connectivity index (χ4v) is 4.67. The van der Waals surface area contributed by atoms with Crippen LogP contribution < -0.4 is 0 Å². The Morgan fingerprint density at radius 2 is 1.93 bits per heavy atom. The second-order valence-corrected chi connectivity index (χ2v) is 8.52. The van der Waals surface area contributed by atoms with Crippen LogP contribution in [0.2, 0.25) is 0 Å². The fourth-order valence-electron chi connectivity index (χ4n) is 2.94. The van der Waals surface area contributed by atoms with Crippen molar-refractivity contribution in [3.63, 3.8) is 0 Å². The molecule has 8 nitrogen and oxygen atoms in total. The van der Waals surface area contributed by atoms with Gasteiger partial charge in [-0.1, -0.05) is 19.9 Å². The quantitative estimate of drug-likeness (QED) is 0.737. The molecule has 27 heavy (non-hydrogen) atoms. The molecular formula is C18H26N2O6S. The van der Waals surface area contributed by atoms with E-state index < -0.39 is 27.8 Å². The molecule has 0 saturated carbocycles. The SMILES string of the molecule is CCc1ccc(C(=O)N(C)CC(C)C(=O)O)cc1S(=O)(=O)N1CCOCC1. The minimum absolute atomic E-state index is 0.0369. The lowest BCUT2D eigenvalue weighted by molar-refractivity contribution is -0.141. The van der Waals surface area contributed by atoms with Crippen LogP contribution in [0, 0.1) is 5.92 Å². The van der Waals surface area contributed by atoms with Gasteiger partial charge in [0.2, 0.25) is 10.0 Å². The lowest BCUT2D eigenvalue weighted by Gasteiger charge is -2.27. The summed E-state index contributed by atoms with van der Waals surface area (Å²) in [7, 11) is -2.23. The van der Waals surface area contributed by atoms with Crippen molar-refractivity contribution in [3.8, 4) is 0 Å². The maximum atomic E-state index is 13.0. The Bertz CT molecular complexity index is 802. The molecule has 0 radical (unpaired) electrons. The van der Waals surface area contributed by atoms with Crippen LogP contribution in [0.15, 0.2) is 23.1 Å². The summed E-state index contributed by atoms with van der Waals surface area (Å²) in [4.78, 5) is 25.1. The number of amides is 1. The van der Waals surface area contributed by atoms with E-state index in [0.717, 1.165) is 0 Å². The zero-order valence-corrected chi connectivity index (χ0v) is 16.7. The summed E-state index contributed by atoms with van der Waals surface area (Å²) in [6, 6.07) is 4.63. The molecule has 1 unspecified atom stereocenters. The largest absolute Gasteiger partial charge is 0.481 e. The molecule has 150 valence electrons. The first-order chi connectivity index (χ1) is 12.7. The first-order valence-corrected chi connectivity index (χ1v) is 10.3. The van der Waals surface area contributed by atoms with Gasteiger partial charge in [-0.3, -0.25) is 9.59 Å². The number of carbonyl (C=O) groups is 2. The molecule has 1 amide bonds. The molecule has 2 rings (SSSR count). The van der Waals surface area contributed by atoms with E-state index in [-0.39, 0.29) is 30.1 Å². The highest BCUT2D eigenvalue weighted by Crippen LogP contribution is 2.24. The molecule has 1 N–H and O–H groups in total. The Hall–Kier alpha value is -1.97. The number of benzene rings is 1. The van der Waals surface area contributed by atoms with Crippen molar-refractivity contribution in [3.05, 3.63) is 29.3 Å². The highest BCUT2D eigenvalue weighted by atomic mass is 32.2. The molecule has 1 aliphatic rings. The summed E-state index contributed by atoms with van der Waals surface area (Å²) in [6.07, 6.45) is 0.513. The van der Waals surface area contributed by atoms with Gasteiger partial charge in [0, 0.05) is 32.2 Å². The number of carboxylic acids is 1. The molecule has 0 aliphatic carbocycles. The van der Waals surface area contributed by atoms with Crippen LogP contribution in [-0.2, 0) is 26.0 Å². The standard InChI is InChI=1S/C18H26N2O6S/c1-4-14-5-6-15(17(21)19(3)12-13(2)18(22)23)11-16(14)27(24,25)20-7-9-26-10-8-20/h5-6,11,13H,4,7-10,12H2,1-3H3,(H,22,23). The number of aryl methyl sites for hydroxylation is 1. The Labute approximate surface area is 159 Å². The molecule has 1 saturated heterocycles. The summed E-state index contributed by atoms with van der Waals surface area (Å²) in [5.74, 6) is -2.12. The predicted molar refractivity (Wildman–Crippen MR) is 99.2 cm³/mol. The zero-order chi connectivity index (χ0) is 20.2. The molecule has 1 aromatic rings. The van der Waals surface area contributed by atoms with Gasteiger partial charge in [-0.15, -0.1) is 0 Å². The van der Waals surface area contributed by atoms with Crippen molar-refractivity contribution in [1.82, 2.24) is 9.21 Å². The highest BCUT2D eigenvalue weighted by molar-refractivity contribution is 7.89. The van der Waals surface area contributed by atoms with E-state index in [1.165, 1.54) is 29.2 Å². The van der Waals surface area contributed by atoms with Crippen LogP contribution in [-0.4, -0.2) is 74.5 Å². The molecule has 1 fully saturated rings. The summed E-state index contributed by atoms with van der Waals surface area (Å²) in [5, 5.41) is 9.01. The lowest BCUT2D eigenvalue weighted by Crippen LogP contribution is -2.41. The topological polar surface area (TPSA) is 104 Å². The van der Waals surface area contributed by atoms with E-state index >= 15 is 0 Å². The summed E-state index contributed by atoms with van der Waals surface area (Å²) in [5.41, 5.74) is 0.860. The number of hydrogen-bond donors (Lipinski definition) is 1. The number of hydrogen-bond acceptors (Lipinski definition) is 5. The van der Waals surface area contributed by atoms with Crippen LogP contribution >= 0.6 is 0 Å². The predicted octanol–water partition coefficient (Wildman–Crippen LogP) is 1.06. The van der Waals surface area contributed by atoms with Crippen LogP contribution in [0.3, 0.4) is 0 Å². The maximum Gasteiger partial charge on any atom is 0.308 e. The minimum Gasteiger partial charge on any atom is -0.481 e. The monoisotopic (exact) mass is 398 g/mol. The van der Waals surface area contributed by atoms with Crippen molar-refractivity contribution >= 4 is 21.9 Å². The number of morpholine rings is 1. The third-order valence-electron chi connectivity index (χ3n) is 4.60. The van der Waals surface area contributed by atoms with Gasteiger partial charge in [0.15, 0.2) is 0 Å². The molecule has 0 spiro atoms. The Balaban J connectivity index is 2.34. The second-order valence-electron chi connectivity index (χ2n) is 6.62. The van der Waals surface area contributed by atoms with Gasteiger partial charge in [0.05, 0.1) is 24.0 Å². The van der Waals surface area contributed by atoms with Gasteiger partial charge >= 0.3 is 5.97 Å². The van der Waals surface area contributed by atoms with Crippen LogP contribution in [0.1, 0.15) is 29.8 Å². The summed E-state index contributed by atoms with van der Waals surface area (Å²) < 4.78 is 32.7. The van der Waals surface area contributed by atoms with E-state index in [0.29, 0.717) is 25.2 Å². The number of aliphatic carboxylic acids is 1. The molecule has 1 atom stereocenters. The summed E-state index contributed by atoms with van der Waals surface area (Å²) >= 11 is 0. The van der Waals surface area contributed by atoms with Gasteiger partial charge in [-0.05, 0) is 24.1 Å². The number of sulfonamides is 1. The average molecular weight is 398 g/mol. The van der Waals surface area contributed by atoms with E-state index in [2.05, 4.69) is 0 Å². The Morgan fingerprint density at radius 3 is 2.48 bits per heavy atom. The van der Waals surface area contributed by atoms with Gasteiger partial charge in [0.1, 0.15) is 0 Å². The van der Waals surface area contributed by atoms with Gasteiger partial charge < -0.3 is 14.7 Å². The molecule has 1 aliphatic heterocycles. The highest BCUT2D eigenvalue weighted by Gasteiger charge is 2.29. The normalized spacial score (nSPS) is 16.7. The second kappa shape index (κ2) is 8.81. The zero-order valence-electron chi connectivity index (χ0n) is 15.8. The van der Waals surface area contributed by atoms with E-state index in [9.17, 15) is 18.0 Å². The van der Waals surface area contributed by atoms with Crippen LogP contribution in [0.4, 0.5) is 0 Å². The molecule has 0 bridgehead atoms. The molecule has 0 aromatic heterocycles. The first kappa shape index (κ1) is 21.3. The molecule has 1 heterocycles. The van der Waals surface area contributed by atoms with Crippen molar-refractivity contribution in [2.24, 2.45) is 5.92 Å². The van der Waals surface area contributed by atoms with Crippen molar-refractivity contribution in [2.75, 3.05) is 39.9 Å². The van der Waals surface area contributed by atoms with Crippen molar-refractivity contribution in [1.29, 1.82) is 0 Å². The minimum atomic E-state index is -3.73. The van der Waals surface area contributed by atoms with Gasteiger partial charge in [-0.2, -0.15) is 4.31 Å². The van der Waals surface area contributed by atoms with E-state index in [4.69, 9.17) is 9.84 Å². The van der Waals surface area contributed by atoms with Gasteiger partial charge in [0.25, 0.3) is 5.91 Å². The van der Waals surface area contributed by atoms with Crippen molar-refractivity contribution in [2.45, 2.75) is 25.2 Å². The third kappa shape index (κ3) is 4.85. The first-order valence-electron chi connectivity index (χ1n) is 8.87. The molecule has 1 aromatic carbocycles. The number of ether oxygens (including phenoxy) is 1. The maximum absolute atomic E-state index is 13.0. The number of rotatable bonds is 7. The van der Waals surface area contributed by atoms with E-state index in [1.807, 2.05) is 6.92 Å². The average Bonchev–Trinajstić information content (AvgIpc) is 2.67. The number of carbonyl (C=O) groups excluding carboxylic acids is 1. The summed E-state index contributed by atoms with van der Waals surface area (Å²) in [6.45, 7) is 4.65. The third-order valence-corrected chi connectivity index (χ3v) is 6.58. The fraction of sp³-hybridized carbons (Fsp3) is 0.556. The van der Waals surface area contributed by atoms with Crippen LogP contribution in [0.5, 0.6) is 0 Å². The molecular weight excluding hydrogens is 372 g/mol. The van der Waals surface area contributed by atoms with Crippen molar-refractivity contribution < 1.29 is 27.9 Å². The van der Waals surface area contributed by atoms with Crippen LogP contribution in [0.25, 0.3) is 0 Å². The lowest BCUT2D eigenvalue weighted by atomic mass is 10.1. The Morgan fingerprint density at radius 1 is 1.30 bits per heavy atom. The van der Waals surface area contributed by atoms with Gasteiger partial charge in [-0.25, -0.2) is 8.42 Å². The molecule has 9 heteroatoms. The number of nitrogens with zero attached hydrogens (tertiary/aromatic N) is 2. The smallest absolute Gasteiger partial charge is 0.308 e. The van der Waals surface area contributed by atoms with E-state index in [1.54, 1.807) is 12.1 Å². The Kier molecular flexibility index (Phi) is 6.96.